The maximum atomic E-state index is 13.6. The van der Waals surface area contributed by atoms with E-state index in [9.17, 15) is 8.78 Å². The fraction of sp³-hybridized carbons (Fsp3) is 0.231. The molecule has 0 fully saturated rings. The molecule has 0 radical (unpaired) electrons. The van der Waals surface area contributed by atoms with Gasteiger partial charge in [0.15, 0.2) is 0 Å². The fourth-order valence-corrected chi connectivity index (χ4v) is 2.97. The molecule has 0 saturated heterocycles. The lowest BCUT2D eigenvalue weighted by atomic mass is 10.2. The summed E-state index contributed by atoms with van der Waals surface area (Å²) in [6.45, 7) is 4.54. The van der Waals surface area contributed by atoms with E-state index in [1.54, 1.807) is 11.3 Å². The summed E-state index contributed by atoms with van der Waals surface area (Å²) in [5, 5.41) is 2.92. The maximum Gasteiger partial charge on any atom is 0.147 e. The van der Waals surface area contributed by atoms with Crippen LogP contribution >= 0.6 is 27.3 Å². The first-order valence-corrected chi connectivity index (χ1v) is 7.02. The van der Waals surface area contributed by atoms with Gasteiger partial charge < -0.3 is 5.32 Å². The predicted molar refractivity (Wildman–Crippen MR) is 75.2 cm³/mol. The number of benzene rings is 1. The van der Waals surface area contributed by atoms with Crippen LogP contribution in [0.15, 0.2) is 22.7 Å². The Morgan fingerprint density at radius 3 is 2.50 bits per heavy atom. The Morgan fingerprint density at radius 2 is 1.89 bits per heavy atom. The molecule has 1 heterocycles. The van der Waals surface area contributed by atoms with Crippen LogP contribution in [0, 0.1) is 25.5 Å². The lowest BCUT2D eigenvalue weighted by molar-refractivity contribution is 0.596. The van der Waals surface area contributed by atoms with E-state index in [4.69, 9.17) is 0 Å². The highest BCUT2D eigenvalue weighted by Gasteiger charge is 2.09. The van der Waals surface area contributed by atoms with E-state index in [2.05, 4.69) is 27.3 Å². The SMILES string of the molecule is Cc1cc(CNc2cc(F)c(Br)cc2F)c(C)s1. The lowest BCUT2D eigenvalue weighted by Gasteiger charge is -2.08. The Balaban J connectivity index is 2.15. The van der Waals surface area contributed by atoms with Crippen molar-refractivity contribution in [2.75, 3.05) is 5.32 Å². The fourth-order valence-electron chi connectivity index (χ4n) is 1.71. The number of hydrogen-bond donors (Lipinski definition) is 1. The third kappa shape index (κ3) is 2.90. The van der Waals surface area contributed by atoms with Crippen molar-refractivity contribution in [3.8, 4) is 0 Å². The first-order valence-electron chi connectivity index (χ1n) is 5.41. The molecule has 0 aliphatic carbocycles. The number of hydrogen-bond acceptors (Lipinski definition) is 2. The van der Waals surface area contributed by atoms with Gasteiger partial charge in [0.25, 0.3) is 0 Å². The van der Waals surface area contributed by atoms with Crippen LogP contribution in [0.25, 0.3) is 0 Å². The molecule has 5 heteroatoms. The van der Waals surface area contributed by atoms with Crippen molar-refractivity contribution in [1.29, 1.82) is 0 Å². The van der Waals surface area contributed by atoms with Gasteiger partial charge in [0.1, 0.15) is 11.6 Å². The molecule has 0 aliphatic rings. The summed E-state index contributed by atoms with van der Waals surface area (Å²) in [4.78, 5) is 2.41. The molecule has 0 amide bonds. The standard InChI is InChI=1S/C13H12BrF2NS/c1-7-3-9(8(2)18-7)6-17-13-5-11(15)10(14)4-12(13)16/h3-5,17H,6H2,1-2H3. The largest absolute Gasteiger partial charge is 0.378 e. The van der Waals surface area contributed by atoms with Crippen molar-refractivity contribution in [2.24, 2.45) is 0 Å². The van der Waals surface area contributed by atoms with Gasteiger partial charge in [0.05, 0.1) is 10.2 Å². The first-order chi connectivity index (χ1) is 8.47. The maximum absolute atomic E-state index is 13.6. The van der Waals surface area contributed by atoms with E-state index in [1.165, 1.54) is 9.75 Å². The molecule has 0 atom stereocenters. The highest BCUT2D eigenvalue weighted by molar-refractivity contribution is 9.10. The average molecular weight is 332 g/mol. The zero-order valence-electron chi connectivity index (χ0n) is 9.98. The van der Waals surface area contributed by atoms with Crippen LogP contribution < -0.4 is 5.32 Å². The third-order valence-corrected chi connectivity index (χ3v) is 4.24. The van der Waals surface area contributed by atoms with Gasteiger partial charge in [-0.2, -0.15) is 0 Å². The Labute approximate surface area is 117 Å². The molecular weight excluding hydrogens is 320 g/mol. The van der Waals surface area contributed by atoms with Gasteiger partial charge >= 0.3 is 0 Å². The van der Waals surface area contributed by atoms with E-state index >= 15 is 0 Å². The Hall–Kier alpha value is -0.940. The van der Waals surface area contributed by atoms with Crippen molar-refractivity contribution < 1.29 is 8.78 Å². The minimum absolute atomic E-state index is 0.133. The summed E-state index contributed by atoms with van der Waals surface area (Å²) in [5.41, 5.74) is 1.29. The Bertz CT molecular complexity index is 581. The zero-order chi connectivity index (χ0) is 13.3. The van der Waals surface area contributed by atoms with E-state index in [1.807, 2.05) is 13.8 Å². The molecule has 1 aromatic heterocycles. The number of aryl methyl sites for hydroxylation is 2. The van der Waals surface area contributed by atoms with Gasteiger partial charge in [0.2, 0.25) is 0 Å². The monoisotopic (exact) mass is 331 g/mol. The normalized spacial score (nSPS) is 10.7. The van der Waals surface area contributed by atoms with Gasteiger partial charge in [-0.3, -0.25) is 0 Å². The van der Waals surface area contributed by atoms with E-state index < -0.39 is 11.6 Å². The van der Waals surface area contributed by atoms with Crippen molar-refractivity contribution in [3.63, 3.8) is 0 Å². The number of nitrogens with one attached hydrogen (secondary N) is 1. The minimum atomic E-state index is -0.475. The minimum Gasteiger partial charge on any atom is -0.378 e. The summed E-state index contributed by atoms with van der Waals surface area (Å²) in [6.07, 6.45) is 0. The van der Waals surface area contributed by atoms with Crippen molar-refractivity contribution in [1.82, 2.24) is 0 Å². The smallest absolute Gasteiger partial charge is 0.147 e. The molecule has 0 aliphatic heterocycles. The first kappa shape index (κ1) is 13.5. The second-order valence-electron chi connectivity index (χ2n) is 4.04. The summed E-state index contributed by atoms with van der Waals surface area (Å²) in [7, 11) is 0. The molecule has 2 rings (SSSR count). The van der Waals surface area contributed by atoms with Crippen LogP contribution in [0.3, 0.4) is 0 Å². The Kier molecular flexibility index (Phi) is 4.02. The van der Waals surface area contributed by atoms with Gasteiger partial charge in [0, 0.05) is 22.4 Å². The van der Waals surface area contributed by atoms with Crippen molar-refractivity contribution >= 4 is 33.0 Å². The number of halogens is 3. The summed E-state index contributed by atoms with van der Waals surface area (Å²) >= 11 is 4.65. The summed E-state index contributed by atoms with van der Waals surface area (Å²) in [6, 6.07) is 4.34. The molecule has 0 spiro atoms. The molecule has 0 bridgehead atoms. The predicted octanol–water partition coefficient (Wildman–Crippen LogP) is 5.02. The van der Waals surface area contributed by atoms with Crippen molar-refractivity contribution in [3.05, 3.63) is 49.6 Å². The van der Waals surface area contributed by atoms with Gasteiger partial charge in [-0.05, 0) is 47.5 Å². The third-order valence-electron chi connectivity index (χ3n) is 2.62. The van der Waals surface area contributed by atoms with E-state index in [-0.39, 0.29) is 10.2 Å². The van der Waals surface area contributed by atoms with Gasteiger partial charge in [-0.1, -0.05) is 0 Å². The second kappa shape index (κ2) is 5.36. The highest BCUT2D eigenvalue weighted by Crippen LogP contribution is 2.25. The molecule has 0 unspecified atom stereocenters. The van der Waals surface area contributed by atoms with Crippen molar-refractivity contribution in [2.45, 2.75) is 20.4 Å². The molecule has 2 aromatic rings. The summed E-state index contributed by atoms with van der Waals surface area (Å²) < 4.78 is 27.0. The molecular formula is C13H12BrF2NS. The van der Waals surface area contributed by atoms with Crippen LogP contribution in [0.5, 0.6) is 0 Å². The van der Waals surface area contributed by atoms with Crippen LogP contribution in [0.1, 0.15) is 15.3 Å². The quantitative estimate of drug-likeness (QED) is 0.779. The number of anilines is 1. The number of rotatable bonds is 3. The number of thiophene rings is 1. The molecule has 0 saturated carbocycles. The Morgan fingerprint density at radius 1 is 1.17 bits per heavy atom. The topological polar surface area (TPSA) is 12.0 Å². The van der Waals surface area contributed by atoms with Crippen LogP contribution in [-0.2, 0) is 6.54 Å². The zero-order valence-corrected chi connectivity index (χ0v) is 12.4. The molecule has 1 N–H and O–H groups in total. The van der Waals surface area contributed by atoms with Crippen LogP contribution in [0.2, 0.25) is 0 Å². The summed E-state index contributed by atoms with van der Waals surface area (Å²) in [5.74, 6) is -0.940. The lowest BCUT2D eigenvalue weighted by Crippen LogP contribution is -2.02. The van der Waals surface area contributed by atoms with E-state index in [0.717, 1.165) is 17.7 Å². The van der Waals surface area contributed by atoms with Crippen LogP contribution in [-0.4, -0.2) is 0 Å². The second-order valence-corrected chi connectivity index (χ2v) is 6.35. The molecule has 18 heavy (non-hydrogen) atoms. The molecule has 1 aromatic carbocycles. The van der Waals surface area contributed by atoms with E-state index in [0.29, 0.717) is 6.54 Å². The van der Waals surface area contributed by atoms with Gasteiger partial charge in [-0.25, -0.2) is 8.78 Å². The molecule has 96 valence electrons. The van der Waals surface area contributed by atoms with Crippen LogP contribution in [0.4, 0.5) is 14.5 Å². The molecule has 1 nitrogen and oxygen atoms in total. The average Bonchev–Trinajstić information content (AvgIpc) is 2.61. The van der Waals surface area contributed by atoms with Gasteiger partial charge in [-0.15, -0.1) is 11.3 Å². The highest BCUT2D eigenvalue weighted by atomic mass is 79.9.